The average molecular weight is 301 g/mol. The van der Waals surface area contributed by atoms with Gasteiger partial charge in [0.15, 0.2) is 0 Å². The second-order valence-corrected chi connectivity index (χ2v) is 5.65. The van der Waals surface area contributed by atoms with Gasteiger partial charge in [0.25, 0.3) is 5.91 Å². The summed E-state index contributed by atoms with van der Waals surface area (Å²) in [5.41, 5.74) is 1.33. The van der Waals surface area contributed by atoms with Crippen LogP contribution >= 0.6 is 0 Å². The molecule has 116 valence electrons. The van der Waals surface area contributed by atoms with Crippen LogP contribution in [-0.2, 0) is 0 Å². The Morgan fingerprint density at radius 3 is 2.91 bits per heavy atom. The molecule has 2 N–H and O–H groups in total. The van der Waals surface area contributed by atoms with Gasteiger partial charge in [0.1, 0.15) is 0 Å². The lowest BCUT2D eigenvalue weighted by molar-refractivity contribution is -0.00587. The van der Waals surface area contributed by atoms with Crippen LogP contribution in [0, 0.1) is 0 Å². The van der Waals surface area contributed by atoms with E-state index in [0.29, 0.717) is 12.0 Å². The van der Waals surface area contributed by atoms with E-state index in [1.165, 1.54) is 0 Å². The predicted molar refractivity (Wildman–Crippen MR) is 81.7 cm³/mol. The molecule has 22 heavy (non-hydrogen) atoms. The van der Waals surface area contributed by atoms with Crippen molar-refractivity contribution in [2.24, 2.45) is 0 Å². The highest BCUT2D eigenvalue weighted by atomic mass is 16.3. The van der Waals surface area contributed by atoms with Gasteiger partial charge in [0.05, 0.1) is 29.4 Å². The zero-order chi connectivity index (χ0) is 15.7. The number of nitrogens with zero attached hydrogens (tertiary/aromatic N) is 4. The second-order valence-electron chi connectivity index (χ2n) is 5.65. The van der Waals surface area contributed by atoms with E-state index in [4.69, 9.17) is 0 Å². The summed E-state index contributed by atoms with van der Waals surface area (Å²) in [5, 5.41) is 17.1. The molecular weight excluding hydrogens is 282 g/mol. The van der Waals surface area contributed by atoms with Crippen LogP contribution in [0.15, 0.2) is 36.9 Å². The highest BCUT2D eigenvalue weighted by Gasteiger charge is 2.42. The van der Waals surface area contributed by atoms with Crippen molar-refractivity contribution in [2.75, 3.05) is 19.0 Å². The lowest BCUT2D eigenvalue weighted by atomic mass is 9.83. The number of amides is 1. The SMILES string of the molecule is CN(C)c1ccncc1C(=O)N[C@H]1C[C@@H](O)[C@@H]1n1cccn1. The Kier molecular flexibility index (Phi) is 3.81. The first-order chi connectivity index (χ1) is 10.6. The normalized spacial score (nSPS) is 23.7. The molecule has 0 saturated heterocycles. The third kappa shape index (κ3) is 2.55. The van der Waals surface area contributed by atoms with Crippen LogP contribution in [0.2, 0.25) is 0 Å². The van der Waals surface area contributed by atoms with Crippen molar-refractivity contribution in [3.8, 4) is 0 Å². The van der Waals surface area contributed by atoms with Gasteiger partial charge in [-0.1, -0.05) is 0 Å². The molecule has 1 aliphatic carbocycles. The van der Waals surface area contributed by atoms with Gasteiger partial charge in [-0.15, -0.1) is 0 Å². The molecule has 0 spiro atoms. The van der Waals surface area contributed by atoms with Crippen molar-refractivity contribution in [1.29, 1.82) is 0 Å². The van der Waals surface area contributed by atoms with E-state index in [9.17, 15) is 9.90 Å². The first-order valence-corrected chi connectivity index (χ1v) is 7.17. The maximum atomic E-state index is 12.5. The van der Waals surface area contributed by atoms with Gasteiger partial charge >= 0.3 is 0 Å². The Labute approximate surface area is 128 Å². The number of aromatic nitrogens is 3. The predicted octanol–water partition coefficient (Wildman–Crippen LogP) is 0.448. The minimum atomic E-state index is -0.493. The number of hydrogen-bond acceptors (Lipinski definition) is 5. The summed E-state index contributed by atoms with van der Waals surface area (Å²) in [6.45, 7) is 0. The number of pyridine rings is 1. The minimum Gasteiger partial charge on any atom is -0.391 e. The minimum absolute atomic E-state index is 0.141. The maximum absolute atomic E-state index is 12.5. The zero-order valence-electron chi connectivity index (χ0n) is 12.5. The summed E-state index contributed by atoms with van der Waals surface area (Å²) in [6.07, 6.45) is 6.70. The van der Waals surface area contributed by atoms with Crippen LogP contribution in [-0.4, -0.2) is 52.0 Å². The number of hydrogen-bond donors (Lipinski definition) is 2. The number of carbonyl (C=O) groups excluding carboxylic acids is 1. The number of aliphatic hydroxyl groups is 1. The standard InChI is InChI=1S/C15H19N5O2/c1-19(2)12-4-6-16-9-10(12)15(22)18-11-8-13(21)14(11)20-7-3-5-17-20/h3-7,9,11,13-14,21H,8H2,1-2H3,(H,18,22)/t11-,13+,14+/m0/s1. The van der Waals surface area contributed by atoms with Crippen molar-refractivity contribution < 1.29 is 9.90 Å². The molecule has 3 atom stereocenters. The summed E-state index contributed by atoms with van der Waals surface area (Å²) in [5.74, 6) is -0.189. The molecule has 0 aromatic carbocycles. The highest BCUT2D eigenvalue weighted by molar-refractivity contribution is 5.99. The van der Waals surface area contributed by atoms with Gasteiger partial charge < -0.3 is 15.3 Å². The average Bonchev–Trinajstić information content (AvgIpc) is 2.99. The van der Waals surface area contributed by atoms with E-state index in [1.54, 1.807) is 41.6 Å². The van der Waals surface area contributed by atoms with Crippen molar-refractivity contribution in [3.63, 3.8) is 0 Å². The Morgan fingerprint density at radius 1 is 1.45 bits per heavy atom. The topological polar surface area (TPSA) is 83.3 Å². The molecule has 0 bridgehead atoms. The molecule has 1 saturated carbocycles. The number of nitrogens with one attached hydrogen (secondary N) is 1. The van der Waals surface area contributed by atoms with Crippen molar-refractivity contribution in [1.82, 2.24) is 20.1 Å². The molecule has 2 aromatic heterocycles. The monoisotopic (exact) mass is 301 g/mol. The summed E-state index contributed by atoms with van der Waals surface area (Å²) in [4.78, 5) is 18.4. The lowest BCUT2D eigenvalue weighted by Crippen LogP contribution is -2.56. The Bertz CT molecular complexity index is 656. The molecule has 2 heterocycles. The summed E-state index contributed by atoms with van der Waals surface area (Å²) >= 11 is 0. The molecule has 0 unspecified atom stereocenters. The van der Waals surface area contributed by atoms with Crippen LogP contribution in [0.4, 0.5) is 5.69 Å². The molecule has 1 aliphatic rings. The van der Waals surface area contributed by atoms with Gasteiger partial charge in [0.2, 0.25) is 0 Å². The molecule has 3 rings (SSSR count). The number of carbonyl (C=O) groups is 1. The molecule has 1 amide bonds. The second kappa shape index (κ2) is 5.76. The third-order valence-corrected chi connectivity index (χ3v) is 3.97. The first-order valence-electron chi connectivity index (χ1n) is 7.17. The van der Waals surface area contributed by atoms with Crippen LogP contribution in [0.25, 0.3) is 0 Å². The van der Waals surface area contributed by atoms with Gasteiger partial charge in [0, 0.05) is 38.9 Å². The fraction of sp³-hybridized carbons (Fsp3) is 0.400. The van der Waals surface area contributed by atoms with Crippen molar-refractivity contribution in [2.45, 2.75) is 24.6 Å². The van der Waals surface area contributed by atoms with E-state index in [-0.39, 0.29) is 18.0 Å². The van der Waals surface area contributed by atoms with E-state index in [0.717, 1.165) is 5.69 Å². The quantitative estimate of drug-likeness (QED) is 0.856. The van der Waals surface area contributed by atoms with E-state index in [2.05, 4.69) is 15.4 Å². The van der Waals surface area contributed by atoms with E-state index in [1.807, 2.05) is 19.0 Å². The number of aliphatic hydroxyl groups excluding tert-OH is 1. The zero-order valence-corrected chi connectivity index (χ0v) is 12.5. The summed E-state index contributed by atoms with van der Waals surface area (Å²) < 4.78 is 1.69. The van der Waals surface area contributed by atoms with E-state index < -0.39 is 6.10 Å². The maximum Gasteiger partial charge on any atom is 0.255 e. The summed E-state index contributed by atoms with van der Waals surface area (Å²) in [6, 6.07) is 3.24. The van der Waals surface area contributed by atoms with Gasteiger partial charge in [-0.3, -0.25) is 14.5 Å². The molecule has 7 heteroatoms. The first kappa shape index (κ1) is 14.5. The fourth-order valence-corrected chi connectivity index (χ4v) is 2.77. The third-order valence-electron chi connectivity index (χ3n) is 3.97. The van der Waals surface area contributed by atoms with Crippen molar-refractivity contribution >= 4 is 11.6 Å². The Hall–Kier alpha value is -2.41. The van der Waals surface area contributed by atoms with Crippen molar-refractivity contribution in [3.05, 3.63) is 42.5 Å². The largest absolute Gasteiger partial charge is 0.391 e. The summed E-state index contributed by atoms with van der Waals surface area (Å²) in [7, 11) is 3.76. The molecule has 7 nitrogen and oxygen atoms in total. The lowest BCUT2D eigenvalue weighted by Gasteiger charge is -2.41. The highest BCUT2D eigenvalue weighted by Crippen LogP contribution is 2.32. The number of anilines is 1. The molecular formula is C15H19N5O2. The molecule has 1 fully saturated rings. The smallest absolute Gasteiger partial charge is 0.255 e. The van der Waals surface area contributed by atoms with Gasteiger partial charge in [-0.2, -0.15) is 5.10 Å². The van der Waals surface area contributed by atoms with Crippen LogP contribution < -0.4 is 10.2 Å². The number of rotatable bonds is 4. The fourth-order valence-electron chi connectivity index (χ4n) is 2.77. The van der Waals surface area contributed by atoms with Gasteiger partial charge in [-0.05, 0) is 18.6 Å². The van der Waals surface area contributed by atoms with Crippen LogP contribution in [0.1, 0.15) is 22.8 Å². The molecule has 2 aromatic rings. The molecule has 0 aliphatic heterocycles. The van der Waals surface area contributed by atoms with Gasteiger partial charge in [-0.25, -0.2) is 0 Å². The van der Waals surface area contributed by atoms with Crippen LogP contribution in [0.5, 0.6) is 0 Å². The molecule has 0 radical (unpaired) electrons. The van der Waals surface area contributed by atoms with E-state index >= 15 is 0 Å². The Morgan fingerprint density at radius 2 is 2.27 bits per heavy atom. The Balaban J connectivity index is 1.75. The van der Waals surface area contributed by atoms with Crippen LogP contribution in [0.3, 0.4) is 0 Å².